The zero-order valence-corrected chi connectivity index (χ0v) is 6.81. The lowest BCUT2D eigenvalue weighted by Gasteiger charge is -2.19. The van der Waals surface area contributed by atoms with Crippen molar-refractivity contribution in [1.82, 2.24) is 0 Å². The molecule has 0 bridgehead atoms. The van der Waals surface area contributed by atoms with Crippen LogP contribution >= 0.6 is 0 Å². The minimum atomic E-state index is -4.24. The van der Waals surface area contributed by atoms with E-state index in [0.29, 0.717) is 5.71 Å². The largest absolute Gasteiger partial charge is 0.411 e. The average molecular weight is 178 g/mol. The number of halogens is 3. The van der Waals surface area contributed by atoms with E-state index in [2.05, 4.69) is 9.98 Å². The van der Waals surface area contributed by atoms with E-state index in [4.69, 9.17) is 0 Å². The van der Waals surface area contributed by atoms with Crippen LogP contribution in [-0.2, 0) is 0 Å². The van der Waals surface area contributed by atoms with Crippen LogP contribution in [0, 0.1) is 0 Å². The molecule has 12 heavy (non-hydrogen) atoms. The van der Waals surface area contributed by atoms with E-state index in [0.717, 1.165) is 0 Å². The fourth-order valence-corrected chi connectivity index (χ4v) is 1.09. The Balaban J connectivity index is 2.81. The van der Waals surface area contributed by atoms with Crippen molar-refractivity contribution in [2.75, 3.05) is 0 Å². The lowest BCUT2D eigenvalue weighted by atomic mass is 10.1. The zero-order valence-electron chi connectivity index (χ0n) is 6.81. The first kappa shape index (κ1) is 9.22. The molecule has 1 unspecified atom stereocenters. The van der Waals surface area contributed by atoms with Gasteiger partial charge in [-0.05, 0) is 13.8 Å². The number of nitrogens with zero attached hydrogens (tertiary/aromatic N) is 2. The van der Waals surface area contributed by atoms with Crippen LogP contribution < -0.4 is 0 Å². The second-order valence-electron chi connectivity index (χ2n) is 2.78. The molecule has 0 amide bonds. The molecule has 0 radical (unpaired) electrons. The summed E-state index contributed by atoms with van der Waals surface area (Å²) in [6.07, 6.45) is -4.35. The first-order valence-corrected chi connectivity index (χ1v) is 3.55. The minimum Gasteiger partial charge on any atom is -0.258 e. The van der Waals surface area contributed by atoms with E-state index in [1.165, 1.54) is 6.92 Å². The molecule has 68 valence electrons. The van der Waals surface area contributed by atoms with E-state index in [1.54, 1.807) is 6.92 Å². The Labute approximate surface area is 68.2 Å². The van der Waals surface area contributed by atoms with Crippen molar-refractivity contribution in [2.45, 2.75) is 32.5 Å². The summed E-state index contributed by atoms with van der Waals surface area (Å²) in [7, 11) is 0. The molecule has 1 aliphatic heterocycles. The molecule has 0 saturated heterocycles. The van der Waals surface area contributed by atoms with Gasteiger partial charge in [0.25, 0.3) is 0 Å². The van der Waals surface area contributed by atoms with E-state index in [9.17, 15) is 13.2 Å². The molecular weight excluding hydrogens is 169 g/mol. The molecule has 1 heterocycles. The summed E-state index contributed by atoms with van der Waals surface area (Å²) < 4.78 is 36.4. The summed E-state index contributed by atoms with van der Waals surface area (Å²) in [5.41, 5.74) is 0.491. The number of hydrogen-bond acceptors (Lipinski definition) is 2. The van der Waals surface area contributed by atoms with Gasteiger partial charge >= 0.3 is 6.18 Å². The highest BCUT2D eigenvalue weighted by Crippen LogP contribution is 2.27. The number of aliphatic imine (C=N–C) groups is 2. The van der Waals surface area contributed by atoms with Gasteiger partial charge < -0.3 is 0 Å². The Hall–Kier alpha value is -0.870. The molecule has 0 N–H and O–H groups in total. The smallest absolute Gasteiger partial charge is 0.258 e. The van der Waals surface area contributed by atoms with Crippen LogP contribution in [0.25, 0.3) is 0 Å². The highest BCUT2D eigenvalue weighted by molar-refractivity contribution is 5.98. The van der Waals surface area contributed by atoms with Crippen LogP contribution in [0.15, 0.2) is 9.98 Å². The van der Waals surface area contributed by atoms with Crippen molar-refractivity contribution in [3.05, 3.63) is 0 Å². The lowest BCUT2D eigenvalue weighted by molar-refractivity contribution is -0.145. The Morgan fingerprint density at radius 2 is 1.92 bits per heavy atom. The fraction of sp³-hybridized carbons (Fsp3) is 0.714. The van der Waals surface area contributed by atoms with Gasteiger partial charge in [-0.1, -0.05) is 0 Å². The summed E-state index contributed by atoms with van der Waals surface area (Å²) in [5.74, 6) is 0.209. The zero-order chi connectivity index (χ0) is 9.35. The van der Waals surface area contributed by atoms with Crippen molar-refractivity contribution in [3.8, 4) is 0 Å². The third-order valence-corrected chi connectivity index (χ3v) is 1.56. The molecule has 1 rings (SSSR count). The van der Waals surface area contributed by atoms with Crippen molar-refractivity contribution < 1.29 is 13.2 Å². The van der Waals surface area contributed by atoms with Crippen LogP contribution in [-0.4, -0.2) is 23.8 Å². The number of alkyl halides is 3. The maximum absolute atomic E-state index is 12.1. The molecule has 0 saturated carbocycles. The lowest BCUT2D eigenvalue weighted by Crippen LogP contribution is -2.32. The van der Waals surface area contributed by atoms with Gasteiger partial charge in [0.05, 0.1) is 0 Å². The van der Waals surface area contributed by atoms with E-state index >= 15 is 0 Å². The van der Waals surface area contributed by atoms with Crippen molar-refractivity contribution >= 4 is 11.5 Å². The third-order valence-electron chi connectivity index (χ3n) is 1.56. The van der Waals surface area contributed by atoms with Gasteiger partial charge in [-0.25, -0.2) is 4.99 Å². The van der Waals surface area contributed by atoms with Gasteiger partial charge in [0, 0.05) is 12.1 Å². The summed E-state index contributed by atoms with van der Waals surface area (Å²) in [6.45, 7) is 3.05. The van der Waals surface area contributed by atoms with Gasteiger partial charge in [0.2, 0.25) is 0 Å². The van der Waals surface area contributed by atoms with Gasteiger partial charge in [0.15, 0.2) is 6.04 Å². The molecule has 2 nitrogen and oxygen atoms in total. The predicted octanol–water partition coefficient (Wildman–Crippen LogP) is 2.20. The highest BCUT2D eigenvalue weighted by Gasteiger charge is 2.40. The highest BCUT2D eigenvalue weighted by atomic mass is 19.4. The standard InChI is InChI=1S/C7H9F3N2/c1-4-3-6(7(8,9)10)12-5(2)11-4/h6H,3H2,1-2H3. The molecular formula is C7H9F3N2. The molecule has 0 aliphatic carbocycles. The van der Waals surface area contributed by atoms with Gasteiger partial charge in [0.1, 0.15) is 5.84 Å². The summed E-state index contributed by atoms with van der Waals surface area (Å²) >= 11 is 0. The van der Waals surface area contributed by atoms with E-state index < -0.39 is 12.2 Å². The molecule has 1 atom stereocenters. The molecule has 0 aromatic rings. The number of rotatable bonds is 0. The molecule has 0 aromatic carbocycles. The first-order chi connectivity index (χ1) is 5.39. The maximum atomic E-state index is 12.1. The summed E-state index contributed by atoms with van der Waals surface area (Å²) in [5, 5.41) is 0. The normalized spacial score (nSPS) is 24.9. The Morgan fingerprint density at radius 3 is 2.33 bits per heavy atom. The summed E-state index contributed by atoms with van der Waals surface area (Å²) in [4.78, 5) is 7.22. The van der Waals surface area contributed by atoms with Crippen molar-refractivity contribution in [3.63, 3.8) is 0 Å². The van der Waals surface area contributed by atoms with Crippen LogP contribution in [0.4, 0.5) is 13.2 Å². The first-order valence-electron chi connectivity index (χ1n) is 3.55. The second-order valence-corrected chi connectivity index (χ2v) is 2.78. The third kappa shape index (κ3) is 2.06. The predicted molar refractivity (Wildman–Crippen MR) is 40.7 cm³/mol. The van der Waals surface area contributed by atoms with Crippen LogP contribution in [0.5, 0.6) is 0 Å². The SMILES string of the molecule is CC1=NC(C)=NC(C(F)(F)F)C1. The second kappa shape index (κ2) is 2.88. The Bertz CT molecular complexity index is 240. The molecule has 5 heteroatoms. The minimum absolute atomic E-state index is 0.110. The number of hydrogen-bond donors (Lipinski definition) is 0. The van der Waals surface area contributed by atoms with E-state index in [-0.39, 0.29) is 12.3 Å². The van der Waals surface area contributed by atoms with Crippen LogP contribution in [0.2, 0.25) is 0 Å². The molecule has 0 fully saturated rings. The maximum Gasteiger partial charge on any atom is 0.411 e. The van der Waals surface area contributed by atoms with Gasteiger partial charge in [-0.2, -0.15) is 13.2 Å². The van der Waals surface area contributed by atoms with Crippen molar-refractivity contribution in [1.29, 1.82) is 0 Å². The molecule has 0 spiro atoms. The quantitative estimate of drug-likeness (QED) is 0.543. The van der Waals surface area contributed by atoms with Crippen molar-refractivity contribution in [2.24, 2.45) is 9.98 Å². The topological polar surface area (TPSA) is 24.7 Å². The summed E-state index contributed by atoms with van der Waals surface area (Å²) in [6, 6.07) is -1.59. The Morgan fingerprint density at radius 1 is 1.33 bits per heavy atom. The monoisotopic (exact) mass is 178 g/mol. The fourth-order valence-electron chi connectivity index (χ4n) is 1.09. The molecule has 0 aromatic heterocycles. The van der Waals surface area contributed by atoms with Crippen LogP contribution in [0.1, 0.15) is 20.3 Å². The van der Waals surface area contributed by atoms with Crippen LogP contribution in [0.3, 0.4) is 0 Å². The van der Waals surface area contributed by atoms with Gasteiger partial charge in [-0.15, -0.1) is 0 Å². The molecule has 1 aliphatic rings. The van der Waals surface area contributed by atoms with Gasteiger partial charge in [-0.3, -0.25) is 4.99 Å². The average Bonchev–Trinajstić information content (AvgIpc) is 1.82. The number of amidine groups is 1. The van der Waals surface area contributed by atoms with E-state index in [1.807, 2.05) is 0 Å². The Kier molecular flexibility index (Phi) is 2.21.